The topological polar surface area (TPSA) is 55.4 Å². The Morgan fingerprint density at radius 1 is 1.25 bits per heavy atom. The molecule has 94 valence electrons. The number of carbonyl (C=O) groups is 2. The fourth-order valence-corrected chi connectivity index (χ4v) is 1.15. The van der Waals surface area contributed by atoms with Gasteiger partial charge in [-0.15, -0.1) is 11.6 Å². The van der Waals surface area contributed by atoms with Gasteiger partial charge in [0.15, 0.2) is 0 Å². The van der Waals surface area contributed by atoms with E-state index >= 15 is 0 Å². The third-order valence-electron chi connectivity index (χ3n) is 1.70. The average molecular weight is 250 g/mol. The van der Waals surface area contributed by atoms with Gasteiger partial charge in [0, 0.05) is 13.0 Å². The van der Waals surface area contributed by atoms with E-state index in [1.807, 2.05) is 20.8 Å². The smallest absolute Gasteiger partial charge is 0.407 e. The Kier molecular flexibility index (Phi) is 7.13. The summed E-state index contributed by atoms with van der Waals surface area (Å²) >= 11 is 5.35. The second-order valence-electron chi connectivity index (χ2n) is 4.56. The minimum Gasteiger partial charge on any atom is -0.444 e. The van der Waals surface area contributed by atoms with Crippen LogP contribution in [0, 0.1) is 0 Å². The van der Waals surface area contributed by atoms with E-state index in [1.54, 1.807) is 0 Å². The molecule has 1 amide bonds. The minimum absolute atomic E-state index is 0.0407. The number of nitrogens with one attached hydrogen (secondary N) is 1. The second kappa shape index (κ2) is 7.49. The van der Waals surface area contributed by atoms with E-state index < -0.39 is 11.7 Å². The molecule has 0 fully saturated rings. The van der Waals surface area contributed by atoms with Crippen molar-refractivity contribution in [2.75, 3.05) is 12.4 Å². The van der Waals surface area contributed by atoms with Crippen LogP contribution in [0.25, 0.3) is 0 Å². The fourth-order valence-electron chi connectivity index (χ4n) is 1.02. The van der Waals surface area contributed by atoms with Crippen LogP contribution in [0.1, 0.15) is 40.0 Å². The average Bonchev–Trinajstić information content (AvgIpc) is 2.14. The standard InChI is InChI=1S/C11H20ClNO3/c1-11(2,3)16-10(15)13-7-5-4-6-9(14)8-12/h4-8H2,1-3H3,(H,13,15). The summed E-state index contributed by atoms with van der Waals surface area (Å²) in [5, 5.41) is 2.63. The largest absolute Gasteiger partial charge is 0.444 e. The highest BCUT2D eigenvalue weighted by atomic mass is 35.5. The van der Waals surface area contributed by atoms with Crippen LogP contribution in [-0.4, -0.2) is 29.9 Å². The molecule has 0 aromatic carbocycles. The second-order valence-corrected chi connectivity index (χ2v) is 4.83. The molecule has 1 N–H and O–H groups in total. The molecule has 0 aliphatic rings. The molecule has 0 aliphatic heterocycles. The lowest BCUT2D eigenvalue weighted by atomic mass is 10.2. The fraction of sp³-hybridized carbons (Fsp3) is 0.818. The zero-order chi connectivity index (χ0) is 12.6. The first-order chi connectivity index (χ1) is 7.35. The Bertz CT molecular complexity index is 236. The minimum atomic E-state index is -0.474. The van der Waals surface area contributed by atoms with E-state index in [9.17, 15) is 9.59 Å². The van der Waals surface area contributed by atoms with Gasteiger partial charge in [0.25, 0.3) is 0 Å². The maximum absolute atomic E-state index is 11.2. The maximum atomic E-state index is 11.2. The zero-order valence-corrected chi connectivity index (χ0v) is 10.9. The molecule has 0 spiro atoms. The van der Waals surface area contributed by atoms with Gasteiger partial charge in [-0.05, 0) is 33.6 Å². The predicted molar refractivity (Wildman–Crippen MR) is 63.8 cm³/mol. The van der Waals surface area contributed by atoms with Crippen LogP contribution in [0.15, 0.2) is 0 Å². The Hall–Kier alpha value is -0.770. The number of hydrogen-bond donors (Lipinski definition) is 1. The van der Waals surface area contributed by atoms with Crippen molar-refractivity contribution in [1.82, 2.24) is 5.32 Å². The predicted octanol–water partition coefficient (Wildman–Crippen LogP) is 2.49. The summed E-state index contributed by atoms with van der Waals surface area (Å²) in [6.07, 6.45) is 1.54. The zero-order valence-electron chi connectivity index (χ0n) is 10.1. The van der Waals surface area contributed by atoms with Crippen molar-refractivity contribution in [2.45, 2.75) is 45.6 Å². The first kappa shape index (κ1) is 15.2. The molecular weight excluding hydrogens is 230 g/mol. The van der Waals surface area contributed by atoms with Gasteiger partial charge in [-0.3, -0.25) is 4.79 Å². The number of alkyl halides is 1. The number of ether oxygens (including phenoxy) is 1. The van der Waals surface area contributed by atoms with Crippen LogP contribution in [0.4, 0.5) is 4.79 Å². The number of rotatable bonds is 6. The molecule has 4 nitrogen and oxygen atoms in total. The number of halogens is 1. The molecule has 0 saturated heterocycles. The van der Waals surface area contributed by atoms with Gasteiger partial charge in [0.1, 0.15) is 11.4 Å². The monoisotopic (exact) mass is 249 g/mol. The molecule has 0 aromatic rings. The Labute approximate surface area is 102 Å². The highest BCUT2D eigenvalue weighted by Gasteiger charge is 2.15. The highest BCUT2D eigenvalue weighted by Crippen LogP contribution is 2.06. The number of carbonyl (C=O) groups excluding carboxylic acids is 2. The van der Waals surface area contributed by atoms with Gasteiger partial charge in [0.05, 0.1) is 5.88 Å². The number of alkyl carbamates (subject to hydrolysis) is 1. The number of unbranched alkanes of at least 4 members (excludes halogenated alkanes) is 1. The number of Topliss-reactive ketones (excluding diaryl/α,β-unsaturated/α-hetero) is 1. The molecule has 0 heterocycles. The van der Waals surface area contributed by atoms with Gasteiger partial charge in [0.2, 0.25) is 0 Å². The summed E-state index contributed by atoms with van der Waals surface area (Å²) in [5.74, 6) is 0.110. The van der Waals surface area contributed by atoms with Crippen LogP contribution >= 0.6 is 11.6 Å². The summed E-state index contributed by atoms with van der Waals surface area (Å²) in [5.41, 5.74) is -0.474. The van der Waals surface area contributed by atoms with E-state index in [-0.39, 0.29) is 11.7 Å². The lowest BCUT2D eigenvalue weighted by Crippen LogP contribution is -2.33. The normalized spacial score (nSPS) is 11.0. The van der Waals surface area contributed by atoms with Gasteiger partial charge in [-0.2, -0.15) is 0 Å². The quantitative estimate of drug-likeness (QED) is 0.581. The van der Waals surface area contributed by atoms with Gasteiger partial charge < -0.3 is 10.1 Å². The van der Waals surface area contributed by atoms with Crippen LogP contribution < -0.4 is 5.32 Å². The highest BCUT2D eigenvalue weighted by molar-refractivity contribution is 6.27. The van der Waals surface area contributed by atoms with E-state index in [0.717, 1.165) is 12.8 Å². The Morgan fingerprint density at radius 3 is 2.38 bits per heavy atom. The van der Waals surface area contributed by atoms with Crippen molar-refractivity contribution in [2.24, 2.45) is 0 Å². The van der Waals surface area contributed by atoms with Crippen molar-refractivity contribution in [1.29, 1.82) is 0 Å². The molecule has 0 atom stereocenters. The van der Waals surface area contributed by atoms with Gasteiger partial charge in [-0.1, -0.05) is 0 Å². The van der Waals surface area contributed by atoms with Crippen molar-refractivity contribution >= 4 is 23.5 Å². The first-order valence-electron chi connectivity index (χ1n) is 5.39. The van der Waals surface area contributed by atoms with Crippen molar-refractivity contribution in [3.05, 3.63) is 0 Å². The molecule has 0 aromatic heterocycles. The lowest BCUT2D eigenvalue weighted by molar-refractivity contribution is -0.116. The molecule has 5 heteroatoms. The first-order valence-corrected chi connectivity index (χ1v) is 5.93. The SMILES string of the molecule is CC(C)(C)OC(=O)NCCCCC(=O)CCl. The number of hydrogen-bond acceptors (Lipinski definition) is 3. The number of ketones is 1. The molecule has 0 unspecified atom stereocenters. The van der Waals surface area contributed by atoms with E-state index in [2.05, 4.69) is 5.32 Å². The van der Waals surface area contributed by atoms with Crippen molar-refractivity contribution < 1.29 is 14.3 Å². The number of amides is 1. The van der Waals surface area contributed by atoms with Crippen LogP contribution in [0.3, 0.4) is 0 Å². The van der Waals surface area contributed by atoms with E-state index in [0.29, 0.717) is 13.0 Å². The lowest BCUT2D eigenvalue weighted by Gasteiger charge is -2.19. The molecule has 0 saturated carbocycles. The third kappa shape index (κ3) is 9.77. The Morgan fingerprint density at radius 2 is 1.88 bits per heavy atom. The molecule has 0 aliphatic carbocycles. The van der Waals surface area contributed by atoms with E-state index in [1.165, 1.54) is 0 Å². The van der Waals surface area contributed by atoms with E-state index in [4.69, 9.17) is 16.3 Å². The molecule has 0 rings (SSSR count). The van der Waals surface area contributed by atoms with Crippen LogP contribution in [0.5, 0.6) is 0 Å². The van der Waals surface area contributed by atoms with Gasteiger partial charge in [-0.25, -0.2) is 4.79 Å². The van der Waals surface area contributed by atoms with Gasteiger partial charge >= 0.3 is 6.09 Å². The summed E-state index contributed by atoms with van der Waals surface area (Å²) in [6, 6.07) is 0. The summed E-state index contributed by atoms with van der Waals surface area (Å²) in [7, 11) is 0. The van der Waals surface area contributed by atoms with Crippen LogP contribution in [-0.2, 0) is 9.53 Å². The summed E-state index contributed by atoms with van der Waals surface area (Å²) < 4.78 is 5.05. The summed E-state index contributed by atoms with van der Waals surface area (Å²) in [6.45, 7) is 5.95. The van der Waals surface area contributed by atoms with Crippen molar-refractivity contribution in [3.63, 3.8) is 0 Å². The third-order valence-corrected chi connectivity index (χ3v) is 2.00. The molecule has 16 heavy (non-hydrogen) atoms. The molecule has 0 radical (unpaired) electrons. The van der Waals surface area contributed by atoms with Crippen molar-refractivity contribution in [3.8, 4) is 0 Å². The van der Waals surface area contributed by atoms with Crippen LogP contribution in [0.2, 0.25) is 0 Å². The maximum Gasteiger partial charge on any atom is 0.407 e. The molecular formula is C11H20ClNO3. The summed E-state index contributed by atoms with van der Waals surface area (Å²) in [4.78, 5) is 22.0. The molecule has 0 bridgehead atoms. The Balaban J connectivity index is 3.45.